The van der Waals surface area contributed by atoms with Crippen LogP contribution < -0.4 is 0 Å². The highest BCUT2D eigenvalue weighted by Crippen LogP contribution is 2.41. The van der Waals surface area contributed by atoms with Crippen molar-refractivity contribution in [3.8, 4) is 0 Å². The quantitative estimate of drug-likeness (QED) is 0.674. The summed E-state index contributed by atoms with van der Waals surface area (Å²) in [6, 6.07) is 14.1. The minimum Gasteiger partial charge on any atom is -0.424 e. The highest BCUT2D eigenvalue weighted by Gasteiger charge is 2.41. The summed E-state index contributed by atoms with van der Waals surface area (Å²) in [5, 5.41) is 9.24. The van der Waals surface area contributed by atoms with Crippen LogP contribution in [-0.4, -0.2) is 23.4 Å². The average molecular weight is 373 g/mol. The van der Waals surface area contributed by atoms with Gasteiger partial charge in [0.2, 0.25) is 11.8 Å². The predicted molar refractivity (Wildman–Crippen MR) is 95.8 cm³/mol. The van der Waals surface area contributed by atoms with Crippen LogP contribution in [0, 0.1) is 5.82 Å². The van der Waals surface area contributed by atoms with Crippen LogP contribution in [0.4, 0.5) is 4.39 Å². The Balaban J connectivity index is 1.67. The lowest BCUT2D eigenvalue weighted by molar-refractivity contribution is 0.0541. The van der Waals surface area contributed by atoms with Gasteiger partial charge in [-0.15, -0.1) is 10.2 Å². The summed E-state index contributed by atoms with van der Waals surface area (Å²) in [5.41, 5.74) is 1.59. The molecule has 4 nitrogen and oxygen atoms in total. The van der Waals surface area contributed by atoms with E-state index in [1.165, 1.54) is 12.1 Å². The van der Waals surface area contributed by atoms with Crippen molar-refractivity contribution in [1.29, 1.82) is 0 Å². The molecule has 0 saturated carbocycles. The number of benzene rings is 2. The zero-order chi connectivity index (χ0) is 18.0. The Morgan fingerprint density at radius 2 is 1.81 bits per heavy atom. The van der Waals surface area contributed by atoms with E-state index in [0.29, 0.717) is 36.4 Å². The topological polar surface area (TPSA) is 48.2 Å². The summed E-state index contributed by atoms with van der Waals surface area (Å²) in [5.74, 6) is 0.835. The first-order chi connectivity index (χ1) is 12.7. The van der Waals surface area contributed by atoms with Crippen LogP contribution in [0.1, 0.15) is 35.7 Å². The molecule has 0 radical (unpaired) electrons. The van der Waals surface area contributed by atoms with Crippen LogP contribution >= 0.6 is 11.6 Å². The standard InChI is InChI=1S/C20H18ClFN2O2/c21-16-3-1-2-15(13-16)20(8-10-25-11-9-20)19-24-23-18(26-19)12-14-4-6-17(22)7-5-14/h1-7,13H,8-12H2. The van der Waals surface area contributed by atoms with Gasteiger partial charge in [-0.25, -0.2) is 4.39 Å². The van der Waals surface area contributed by atoms with Gasteiger partial charge in [-0.3, -0.25) is 0 Å². The number of aromatic nitrogens is 2. The van der Waals surface area contributed by atoms with Crippen molar-refractivity contribution in [2.75, 3.05) is 13.2 Å². The molecule has 1 aromatic heterocycles. The molecule has 0 spiro atoms. The van der Waals surface area contributed by atoms with Gasteiger partial charge < -0.3 is 9.15 Å². The molecule has 1 fully saturated rings. The predicted octanol–water partition coefficient (Wildman–Crippen LogP) is 4.55. The monoisotopic (exact) mass is 372 g/mol. The Kier molecular flexibility index (Phi) is 4.74. The minimum atomic E-state index is -0.392. The molecule has 4 rings (SSSR count). The summed E-state index contributed by atoms with van der Waals surface area (Å²) >= 11 is 6.21. The summed E-state index contributed by atoms with van der Waals surface area (Å²) in [6.45, 7) is 1.25. The first kappa shape index (κ1) is 17.2. The Bertz CT molecular complexity index is 889. The second-order valence-electron chi connectivity index (χ2n) is 6.51. The molecule has 0 N–H and O–H groups in total. The summed E-state index contributed by atoms with van der Waals surface area (Å²) in [7, 11) is 0. The van der Waals surface area contributed by atoms with Crippen LogP contribution in [0.2, 0.25) is 5.02 Å². The SMILES string of the molecule is Fc1ccc(Cc2nnc(C3(c4cccc(Cl)c4)CCOCC3)o2)cc1. The fraction of sp³-hybridized carbons (Fsp3) is 0.300. The molecule has 6 heteroatoms. The normalized spacial score (nSPS) is 16.5. The molecule has 1 aliphatic rings. The van der Waals surface area contributed by atoms with E-state index in [4.69, 9.17) is 20.8 Å². The van der Waals surface area contributed by atoms with Gasteiger partial charge in [-0.05, 0) is 48.2 Å². The molecule has 0 bridgehead atoms. The van der Waals surface area contributed by atoms with Crippen molar-refractivity contribution in [3.63, 3.8) is 0 Å². The first-order valence-corrected chi connectivity index (χ1v) is 8.95. The second-order valence-corrected chi connectivity index (χ2v) is 6.95. The Morgan fingerprint density at radius 1 is 1.04 bits per heavy atom. The van der Waals surface area contributed by atoms with Crippen LogP contribution in [0.25, 0.3) is 0 Å². The molecular weight excluding hydrogens is 355 g/mol. The van der Waals surface area contributed by atoms with Crippen molar-refractivity contribution in [2.45, 2.75) is 24.7 Å². The fourth-order valence-electron chi connectivity index (χ4n) is 3.43. The molecule has 2 heterocycles. The van der Waals surface area contributed by atoms with Gasteiger partial charge in [0.1, 0.15) is 5.82 Å². The molecule has 2 aromatic carbocycles. The minimum absolute atomic E-state index is 0.262. The highest BCUT2D eigenvalue weighted by molar-refractivity contribution is 6.30. The number of hydrogen-bond acceptors (Lipinski definition) is 4. The van der Waals surface area contributed by atoms with E-state index in [1.807, 2.05) is 24.3 Å². The lowest BCUT2D eigenvalue weighted by Crippen LogP contribution is -2.35. The lowest BCUT2D eigenvalue weighted by atomic mass is 9.74. The van der Waals surface area contributed by atoms with Gasteiger partial charge in [0.25, 0.3) is 0 Å². The van der Waals surface area contributed by atoms with Gasteiger partial charge in [0.05, 0.1) is 11.8 Å². The number of ether oxygens (including phenoxy) is 1. The maximum Gasteiger partial charge on any atom is 0.227 e. The second kappa shape index (κ2) is 7.17. The third-order valence-electron chi connectivity index (χ3n) is 4.87. The highest BCUT2D eigenvalue weighted by atomic mass is 35.5. The molecule has 26 heavy (non-hydrogen) atoms. The van der Waals surface area contributed by atoms with Crippen LogP contribution in [0.3, 0.4) is 0 Å². The smallest absolute Gasteiger partial charge is 0.227 e. The van der Waals surface area contributed by atoms with Crippen molar-refractivity contribution in [2.24, 2.45) is 0 Å². The summed E-state index contributed by atoms with van der Waals surface area (Å²) in [4.78, 5) is 0. The third kappa shape index (κ3) is 3.37. The van der Waals surface area contributed by atoms with Gasteiger partial charge >= 0.3 is 0 Å². The molecule has 0 aliphatic carbocycles. The van der Waals surface area contributed by atoms with Crippen molar-refractivity contribution in [1.82, 2.24) is 10.2 Å². The van der Waals surface area contributed by atoms with Crippen molar-refractivity contribution < 1.29 is 13.5 Å². The zero-order valence-electron chi connectivity index (χ0n) is 14.1. The third-order valence-corrected chi connectivity index (χ3v) is 5.10. The van der Waals surface area contributed by atoms with E-state index >= 15 is 0 Å². The van der Waals surface area contributed by atoms with Crippen molar-refractivity contribution in [3.05, 3.63) is 82.3 Å². The number of nitrogens with zero attached hydrogens (tertiary/aromatic N) is 2. The number of rotatable bonds is 4. The van der Waals surface area contributed by atoms with E-state index in [9.17, 15) is 4.39 Å². The Labute approximate surface area is 156 Å². The first-order valence-electron chi connectivity index (χ1n) is 8.57. The van der Waals surface area contributed by atoms with E-state index in [0.717, 1.165) is 24.0 Å². The molecular formula is C20H18ClFN2O2. The molecule has 134 valence electrons. The molecule has 0 amide bonds. The fourth-order valence-corrected chi connectivity index (χ4v) is 3.62. The van der Waals surface area contributed by atoms with E-state index in [1.54, 1.807) is 12.1 Å². The largest absolute Gasteiger partial charge is 0.424 e. The van der Waals surface area contributed by atoms with Gasteiger partial charge in [0, 0.05) is 18.2 Å². The molecule has 3 aromatic rings. The van der Waals surface area contributed by atoms with Crippen LogP contribution in [0.15, 0.2) is 52.9 Å². The van der Waals surface area contributed by atoms with E-state index in [-0.39, 0.29) is 5.82 Å². The lowest BCUT2D eigenvalue weighted by Gasteiger charge is -2.34. The number of hydrogen-bond donors (Lipinski definition) is 0. The molecule has 1 saturated heterocycles. The maximum atomic E-state index is 13.1. The van der Waals surface area contributed by atoms with E-state index < -0.39 is 5.41 Å². The molecule has 0 unspecified atom stereocenters. The van der Waals surface area contributed by atoms with Crippen LogP contribution in [0.5, 0.6) is 0 Å². The summed E-state index contributed by atoms with van der Waals surface area (Å²) in [6.07, 6.45) is 1.98. The maximum absolute atomic E-state index is 13.1. The number of halogens is 2. The zero-order valence-corrected chi connectivity index (χ0v) is 14.9. The Morgan fingerprint density at radius 3 is 2.54 bits per heavy atom. The van der Waals surface area contributed by atoms with E-state index in [2.05, 4.69) is 10.2 Å². The average Bonchev–Trinajstić information content (AvgIpc) is 3.13. The van der Waals surface area contributed by atoms with Gasteiger partial charge in [0.15, 0.2) is 0 Å². The van der Waals surface area contributed by atoms with Gasteiger partial charge in [-0.2, -0.15) is 0 Å². The molecule has 1 aliphatic heterocycles. The summed E-state index contributed by atoms with van der Waals surface area (Å²) < 4.78 is 24.7. The van der Waals surface area contributed by atoms with Gasteiger partial charge in [-0.1, -0.05) is 35.9 Å². The molecule has 0 atom stereocenters. The van der Waals surface area contributed by atoms with Crippen molar-refractivity contribution >= 4 is 11.6 Å². The van der Waals surface area contributed by atoms with Crippen LogP contribution in [-0.2, 0) is 16.6 Å². The Hall–Kier alpha value is -2.24.